The maximum atomic E-state index is 5.24. The molecule has 1 aliphatic heterocycles. The van der Waals surface area contributed by atoms with Crippen LogP contribution < -0.4 is 10.1 Å². The van der Waals surface area contributed by atoms with Gasteiger partial charge < -0.3 is 10.1 Å². The van der Waals surface area contributed by atoms with Crippen molar-refractivity contribution in [3.05, 3.63) is 23.8 Å². The number of nitrogens with one attached hydrogen (secondary N) is 1. The number of rotatable bonds is 1. The topological polar surface area (TPSA) is 21.3 Å². The van der Waals surface area contributed by atoms with Gasteiger partial charge >= 0.3 is 0 Å². The smallest absolute Gasteiger partial charge is 0.142 e. The zero-order valence-corrected chi connectivity index (χ0v) is 7.42. The summed E-state index contributed by atoms with van der Waals surface area (Å²) in [5.41, 5.74) is 2.54. The summed E-state index contributed by atoms with van der Waals surface area (Å²) in [5.74, 6) is 0.955. The maximum Gasteiger partial charge on any atom is 0.142 e. The second-order valence-electron chi connectivity index (χ2n) is 3.24. The van der Waals surface area contributed by atoms with E-state index in [1.165, 1.54) is 11.3 Å². The third-order valence-electron chi connectivity index (χ3n) is 2.25. The lowest BCUT2D eigenvalue weighted by atomic mass is 10.1. The largest absolute Gasteiger partial charge is 0.495 e. The lowest BCUT2D eigenvalue weighted by Gasteiger charge is -2.07. The standard InChI is InChI=1S/C10H13NO/c1-7-6-8-4-3-5-9(12-2)10(8)11-7/h3-5,7,11H,6H2,1-2H3. The maximum absolute atomic E-state index is 5.24. The van der Waals surface area contributed by atoms with Gasteiger partial charge in [0.15, 0.2) is 0 Å². The summed E-state index contributed by atoms with van der Waals surface area (Å²) < 4.78 is 5.24. The monoisotopic (exact) mass is 163 g/mol. The van der Waals surface area contributed by atoms with Crippen molar-refractivity contribution >= 4 is 5.69 Å². The van der Waals surface area contributed by atoms with Crippen molar-refractivity contribution in [3.63, 3.8) is 0 Å². The van der Waals surface area contributed by atoms with E-state index in [9.17, 15) is 0 Å². The number of hydrogen-bond acceptors (Lipinski definition) is 2. The molecule has 12 heavy (non-hydrogen) atoms. The van der Waals surface area contributed by atoms with Crippen molar-refractivity contribution in [1.82, 2.24) is 0 Å². The van der Waals surface area contributed by atoms with Crippen LogP contribution in [-0.2, 0) is 6.42 Å². The second kappa shape index (κ2) is 2.70. The number of fused-ring (bicyclic) bond motifs is 1. The fourth-order valence-electron chi connectivity index (χ4n) is 1.71. The highest BCUT2D eigenvalue weighted by molar-refractivity contribution is 5.65. The van der Waals surface area contributed by atoms with Crippen LogP contribution in [0.4, 0.5) is 5.69 Å². The summed E-state index contributed by atoms with van der Waals surface area (Å²) in [5, 5.41) is 3.39. The number of benzene rings is 1. The molecular formula is C10H13NO. The van der Waals surface area contributed by atoms with E-state index in [1.54, 1.807) is 7.11 Å². The van der Waals surface area contributed by atoms with Crippen LogP contribution in [-0.4, -0.2) is 13.2 Å². The SMILES string of the molecule is COc1cccc2c1NC(C)C2. The number of methoxy groups -OCH3 is 1. The number of hydrogen-bond donors (Lipinski definition) is 1. The first kappa shape index (κ1) is 7.47. The molecule has 1 aliphatic rings. The molecule has 2 nitrogen and oxygen atoms in total. The van der Waals surface area contributed by atoms with Crippen LogP contribution in [0, 0.1) is 0 Å². The average molecular weight is 163 g/mol. The molecule has 0 amide bonds. The molecule has 0 radical (unpaired) electrons. The van der Waals surface area contributed by atoms with Crippen molar-refractivity contribution in [2.24, 2.45) is 0 Å². The summed E-state index contributed by atoms with van der Waals surface area (Å²) in [6, 6.07) is 6.71. The summed E-state index contributed by atoms with van der Waals surface area (Å²) in [6.07, 6.45) is 1.10. The predicted molar refractivity (Wildman–Crippen MR) is 49.8 cm³/mol. The predicted octanol–water partition coefficient (Wildman–Crippen LogP) is 2.05. The van der Waals surface area contributed by atoms with Crippen LogP contribution in [0.3, 0.4) is 0 Å². The Morgan fingerprint density at radius 3 is 3.08 bits per heavy atom. The van der Waals surface area contributed by atoms with Gasteiger partial charge in [0.25, 0.3) is 0 Å². The molecule has 1 unspecified atom stereocenters. The fraction of sp³-hybridized carbons (Fsp3) is 0.400. The van der Waals surface area contributed by atoms with E-state index in [1.807, 2.05) is 12.1 Å². The van der Waals surface area contributed by atoms with E-state index >= 15 is 0 Å². The van der Waals surface area contributed by atoms with Crippen molar-refractivity contribution in [2.75, 3.05) is 12.4 Å². The minimum atomic E-state index is 0.538. The van der Waals surface area contributed by atoms with Gasteiger partial charge in [-0.2, -0.15) is 0 Å². The Bertz CT molecular complexity index is 296. The molecular weight excluding hydrogens is 150 g/mol. The Morgan fingerprint density at radius 1 is 1.50 bits per heavy atom. The number of ether oxygens (including phenoxy) is 1. The van der Waals surface area contributed by atoms with Crippen molar-refractivity contribution in [2.45, 2.75) is 19.4 Å². The first-order valence-corrected chi connectivity index (χ1v) is 4.23. The Labute approximate surface area is 72.5 Å². The van der Waals surface area contributed by atoms with Crippen molar-refractivity contribution in [3.8, 4) is 5.75 Å². The van der Waals surface area contributed by atoms with Gasteiger partial charge in [0, 0.05) is 6.04 Å². The van der Waals surface area contributed by atoms with E-state index in [-0.39, 0.29) is 0 Å². The zero-order chi connectivity index (χ0) is 8.55. The second-order valence-corrected chi connectivity index (χ2v) is 3.24. The molecule has 1 atom stereocenters. The van der Waals surface area contributed by atoms with Gasteiger partial charge in [0.1, 0.15) is 5.75 Å². The van der Waals surface area contributed by atoms with Crippen LogP contribution in [0.1, 0.15) is 12.5 Å². The van der Waals surface area contributed by atoms with E-state index in [2.05, 4.69) is 18.3 Å². The van der Waals surface area contributed by atoms with Gasteiger partial charge in [-0.15, -0.1) is 0 Å². The van der Waals surface area contributed by atoms with E-state index in [4.69, 9.17) is 4.74 Å². The van der Waals surface area contributed by atoms with Crippen LogP contribution >= 0.6 is 0 Å². The van der Waals surface area contributed by atoms with Gasteiger partial charge in [0.05, 0.1) is 12.8 Å². The Morgan fingerprint density at radius 2 is 2.33 bits per heavy atom. The van der Waals surface area contributed by atoms with Crippen molar-refractivity contribution in [1.29, 1.82) is 0 Å². The molecule has 64 valence electrons. The minimum absolute atomic E-state index is 0.538. The minimum Gasteiger partial charge on any atom is -0.495 e. The van der Waals surface area contributed by atoms with E-state index < -0.39 is 0 Å². The molecule has 1 aromatic carbocycles. The summed E-state index contributed by atoms with van der Waals surface area (Å²) >= 11 is 0. The summed E-state index contributed by atoms with van der Waals surface area (Å²) in [6.45, 7) is 2.18. The molecule has 2 heteroatoms. The highest BCUT2D eigenvalue weighted by atomic mass is 16.5. The van der Waals surface area contributed by atoms with Crippen LogP contribution in [0.25, 0.3) is 0 Å². The molecule has 0 fully saturated rings. The molecule has 0 spiro atoms. The highest BCUT2D eigenvalue weighted by Gasteiger charge is 2.19. The molecule has 1 heterocycles. The highest BCUT2D eigenvalue weighted by Crippen LogP contribution is 2.34. The zero-order valence-electron chi connectivity index (χ0n) is 7.42. The Balaban J connectivity index is 2.44. The van der Waals surface area contributed by atoms with Gasteiger partial charge in [-0.3, -0.25) is 0 Å². The van der Waals surface area contributed by atoms with Gasteiger partial charge in [-0.25, -0.2) is 0 Å². The molecule has 1 N–H and O–H groups in total. The lowest BCUT2D eigenvalue weighted by molar-refractivity contribution is 0.416. The fourth-order valence-corrected chi connectivity index (χ4v) is 1.71. The molecule has 0 aromatic heterocycles. The Hall–Kier alpha value is -1.18. The van der Waals surface area contributed by atoms with Crippen LogP contribution in [0.15, 0.2) is 18.2 Å². The molecule has 0 bridgehead atoms. The Kier molecular flexibility index (Phi) is 1.68. The molecule has 1 aromatic rings. The average Bonchev–Trinajstić information content (AvgIpc) is 2.44. The van der Waals surface area contributed by atoms with Crippen molar-refractivity contribution < 1.29 is 4.74 Å². The molecule has 0 aliphatic carbocycles. The summed E-state index contributed by atoms with van der Waals surface area (Å²) in [7, 11) is 1.71. The van der Waals surface area contributed by atoms with Gasteiger partial charge in [0.2, 0.25) is 0 Å². The lowest BCUT2D eigenvalue weighted by Crippen LogP contribution is -2.08. The van der Waals surface area contributed by atoms with E-state index in [0.717, 1.165) is 12.2 Å². The van der Waals surface area contributed by atoms with Crippen LogP contribution in [0.5, 0.6) is 5.75 Å². The molecule has 2 rings (SSSR count). The van der Waals surface area contributed by atoms with Crippen LogP contribution in [0.2, 0.25) is 0 Å². The third-order valence-corrected chi connectivity index (χ3v) is 2.25. The third kappa shape index (κ3) is 1.04. The number of anilines is 1. The van der Waals surface area contributed by atoms with Gasteiger partial charge in [-0.1, -0.05) is 12.1 Å². The first-order chi connectivity index (χ1) is 5.81. The molecule has 0 saturated heterocycles. The molecule has 0 saturated carbocycles. The number of para-hydroxylation sites is 1. The normalized spacial score (nSPS) is 20.0. The first-order valence-electron chi connectivity index (χ1n) is 4.23. The van der Waals surface area contributed by atoms with E-state index in [0.29, 0.717) is 6.04 Å². The summed E-state index contributed by atoms with van der Waals surface area (Å²) in [4.78, 5) is 0. The quantitative estimate of drug-likeness (QED) is 0.684. The van der Waals surface area contributed by atoms with Gasteiger partial charge in [-0.05, 0) is 25.0 Å².